The van der Waals surface area contributed by atoms with E-state index in [1.807, 2.05) is 12.3 Å². The van der Waals surface area contributed by atoms with Crippen LogP contribution in [0.4, 0.5) is 14.5 Å². The summed E-state index contributed by atoms with van der Waals surface area (Å²) in [6.45, 7) is 2.16. The van der Waals surface area contributed by atoms with Gasteiger partial charge >= 0.3 is 0 Å². The molecular formula is C17H21F2N7O. The first-order valence-corrected chi connectivity index (χ1v) is 8.93. The van der Waals surface area contributed by atoms with Gasteiger partial charge in [0, 0.05) is 39.1 Å². The van der Waals surface area contributed by atoms with Crippen LogP contribution in [0.15, 0.2) is 34.9 Å². The number of aliphatic imine (C=N–C) groups is 1. The average Bonchev–Trinajstić information content (AvgIpc) is 3.25. The molecule has 10 heteroatoms. The van der Waals surface area contributed by atoms with Gasteiger partial charge in [-0.1, -0.05) is 0 Å². The van der Waals surface area contributed by atoms with Crippen molar-refractivity contribution in [1.29, 1.82) is 0 Å². The lowest BCUT2D eigenvalue weighted by molar-refractivity contribution is -0.112. The second kappa shape index (κ2) is 7.10. The summed E-state index contributed by atoms with van der Waals surface area (Å²) in [4.78, 5) is 19.6. The van der Waals surface area contributed by atoms with Crippen molar-refractivity contribution in [2.75, 3.05) is 25.0 Å². The molecule has 144 valence electrons. The number of hydrogen-bond donors (Lipinski definition) is 2. The van der Waals surface area contributed by atoms with Crippen LogP contribution >= 0.6 is 0 Å². The molecular weight excluding hydrogens is 356 g/mol. The number of hydrogen-bond acceptors (Lipinski definition) is 6. The molecule has 3 aliphatic heterocycles. The van der Waals surface area contributed by atoms with Gasteiger partial charge in [0.15, 0.2) is 11.5 Å². The lowest BCUT2D eigenvalue weighted by Gasteiger charge is -2.31. The number of carbonyl (C=O) groups is 1. The molecule has 4 rings (SSSR count). The molecule has 0 unspecified atom stereocenters. The molecule has 8 nitrogen and oxygen atoms in total. The predicted molar refractivity (Wildman–Crippen MR) is 95.7 cm³/mol. The van der Waals surface area contributed by atoms with Crippen molar-refractivity contribution in [3.63, 3.8) is 0 Å². The number of hydrazine groups is 1. The van der Waals surface area contributed by atoms with E-state index in [9.17, 15) is 13.6 Å². The minimum Gasteiger partial charge on any atom is -0.357 e. The summed E-state index contributed by atoms with van der Waals surface area (Å²) >= 11 is 0. The van der Waals surface area contributed by atoms with E-state index in [4.69, 9.17) is 0 Å². The number of nitrogens with zero attached hydrogens (tertiary/aromatic N) is 5. The van der Waals surface area contributed by atoms with Crippen molar-refractivity contribution in [1.82, 2.24) is 25.1 Å². The smallest absolute Gasteiger partial charge is 0.284 e. The van der Waals surface area contributed by atoms with Gasteiger partial charge in [-0.3, -0.25) is 14.5 Å². The Morgan fingerprint density at radius 3 is 2.81 bits per heavy atom. The van der Waals surface area contributed by atoms with Crippen LogP contribution in [0.5, 0.6) is 0 Å². The Morgan fingerprint density at radius 1 is 1.30 bits per heavy atom. The van der Waals surface area contributed by atoms with Gasteiger partial charge in [0.2, 0.25) is 0 Å². The van der Waals surface area contributed by atoms with Crippen LogP contribution in [0, 0.1) is 0 Å². The normalized spacial score (nSPS) is 19.6. The number of alkyl halides is 2. The number of nitrogens with one attached hydrogen (secondary N) is 2. The molecule has 1 saturated heterocycles. The largest absolute Gasteiger partial charge is 0.357 e. The molecule has 0 saturated carbocycles. The molecule has 2 N–H and O–H groups in total. The maximum atomic E-state index is 13.1. The highest BCUT2D eigenvalue weighted by atomic mass is 19.3. The Hall–Kier alpha value is -2.75. The molecule has 1 aromatic rings. The van der Waals surface area contributed by atoms with E-state index in [1.165, 1.54) is 24.3 Å². The number of anilines is 1. The first-order chi connectivity index (χ1) is 13.0. The first-order valence-electron chi connectivity index (χ1n) is 8.93. The van der Waals surface area contributed by atoms with E-state index in [0.717, 1.165) is 31.8 Å². The van der Waals surface area contributed by atoms with E-state index < -0.39 is 18.0 Å². The third kappa shape index (κ3) is 3.44. The van der Waals surface area contributed by atoms with E-state index in [1.54, 1.807) is 5.01 Å². The maximum absolute atomic E-state index is 13.1. The third-order valence-corrected chi connectivity index (χ3v) is 4.78. The van der Waals surface area contributed by atoms with Gasteiger partial charge in [-0.2, -0.15) is 5.10 Å². The Labute approximate surface area is 155 Å². The molecule has 0 bridgehead atoms. The molecule has 1 fully saturated rings. The summed E-state index contributed by atoms with van der Waals surface area (Å²) in [5, 5.41) is 7.94. The van der Waals surface area contributed by atoms with E-state index >= 15 is 0 Å². The number of aryl methyl sites for hydroxylation is 1. The third-order valence-electron chi connectivity index (χ3n) is 4.78. The molecule has 0 spiro atoms. The summed E-state index contributed by atoms with van der Waals surface area (Å²) in [5.41, 5.74) is 3.02. The minimum absolute atomic E-state index is 0.00985. The van der Waals surface area contributed by atoms with Crippen molar-refractivity contribution in [2.24, 2.45) is 12.0 Å². The lowest BCUT2D eigenvalue weighted by atomic mass is 10.1. The second-order valence-corrected chi connectivity index (χ2v) is 6.70. The molecule has 0 aliphatic carbocycles. The molecule has 3 aliphatic rings. The van der Waals surface area contributed by atoms with Crippen LogP contribution in [0.3, 0.4) is 0 Å². The van der Waals surface area contributed by atoms with E-state index in [-0.39, 0.29) is 12.2 Å². The van der Waals surface area contributed by atoms with E-state index in [2.05, 4.69) is 25.7 Å². The number of halogens is 2. The number of carbonyl (C=O) groups excluding carboxylic acids is 1. The zero-order valence-electron chi connectivity index (χ0n) is 15.0. The van der Waals surface area contributed by atoms with Gasteiger partial charge in [-0.15, -0.1) is 0 Å². The quantitative estimate of drug-likeness (QED) is 0.839. The molecule has 4 heterocycles. The molecule has 27 heavy (non-hydrogen) atoms. The van der Waals surface area contributed by atoms with Crippen LogP contribution in [0.1, 0.15) is 31.4 Å². The fourth-order valence-electron chi connectivity index (χ4n) is 3.44. The monoisotopic (exact) mass is 377 g/mol. The van der Waals surface area contributed by atoms with Crippen LogP contribution in [-0.4, -0.2) is 51.1 Å². The Bertz CT molecular complexity index is 836. The zero-order chi connectivity index (χ0) is 19.0. The minimum atomic E-state index is -2.77. The number of aromatic nitrogens is 2. The van der Waals surface area contributed by atoms with Crippen molar-refractivity contribution in [3.05, 3.63) is 35.6 Å². The van der Waals surface area contributed by atoms with Gasteiger partial charge in [-0.25, -0.2) is 19.2 Å². The lowest BCUT2D eigenvalue weighted by Crippen LogP contribution is -2.37. The molecule has 0 atom stereocenters. The van der Waals surface area contributed by atoms with Crippen molar-refractivity contribution in [2.45, 2.75) is 25.7 Å². The molecule has 1 aromatic heterocycles. The molecule has 1 amide bonds. The number of fused-ring (bicyclic) bond motifs is 1. The number of rotatable bonds is 3. The van der Waals surface area contributed by atoms with Gasteiger partial charge in [0.1, 0.15) is 5.84 Å². The van der Waals surface area contributed by atoms with Crippen LogP contribution in [0.2, 0.25) is 0 Å². The zero-order valence-corrected chi connectivity index (χ0v) is 15.0. The van der Waals surface area contributed by atoms with Crippen molar-refractivity contribution < 1.29 is 13.6 Å². The molecule has 0 radical (unpaired) electrons. The standard InChI is InChI=1S/C17H21F2N7O/c1-24-10-12(14(23-24)15(18)19)21-17(27)11-9-20-26-8-5-13(22-16(11)26)25-6-3-2-4-7-25/h5,8,10,15,20H,2-4,6-7,9H2,1H3,(H,21,27). The number of piperidine rings is 1. The van der Waals surface area contributed by atoms with Gasteiger partial charge in [-0.05, 0) is 25.3 Å². The number of amides is 1. The van der Waals surface area contributed by atoms with Crippen molar-refractivity contribution >= 4 is 17.4 Å². The Kier molecular flexibility index (Phi) is 4.65. The van der Waals surface area contributed by atoms with Crippen LogP contribution in [-0.2, 0) is 11.8 Å². The number of likely N-dealkylation sites (tertiary alicyclic amines) is 1. The van der Waals surface area contributed by atoms with Gasteiger partial charge < -0.3 is 10.2 Å². The van der Waals surface area contributed by atoms with Crippen LogP contribution < -0.4 is 10.7 Å². The number of amidine groups is 1. The van der Waals surface area contributed by atoms with Crippen molar-refractivity contribution in [3.8, 4) is 0 Å². The fraction of sp³-hybridized carbons (Fsp3) is 0.471. The summed E-state index contributed by atoms with van der Waals surface area (Å²) in [5.74, 6) is 0.856. The highest BCUT2D eigenvalue weighted by Gasteiger charge is 2.30. The van der Waals surface area contributed by atoms with Gasteiger partial charge in [0.05, 0.1) is 11.3 Å². The summed E-state index contributed by atoms with van der Waals surface area (Å²) in [7, 11) is 1.53. The molecule has 0 aromatic carbocycles. The summed E-state index contributed by atoms with van der Waals surface area (Å²) in [6.07, 6.45) is 5.82. The average molecular weight is 377 g/mol. The predicted octanol–water partition coefficient (Wildman–Crippen LogP) is 1.74. The summed E-state index contributed by atoms with van der Waals surface area (Å²) < 4.78 is 27.5. The fourth-order valence-corrected chi connectivity index (χ4v) is 3.44. The highest BCUT2D eigenvalue weighted by molar-refractivity contribution is 6.06. The highest BCUT2D eigenvalue weighted by Crippen LogP contribution is 2.27. The summed E-state index contributed by atoms with van der Waals surface area (Å²) in [6, 6.07) is 0. The first kappa shape index (κ1) is 17.7. The Balaban J connectivity index is 1.58. The topological polar surface area (TPSA) is 77.8 Å². The second-order valence-electron chi connectivity index (χ2n) is 6.70. The van der Waals surface area contributed by atoms with E-state index in [0.29, 0.717) is 11.4 Å². The maximum Gasteiger partial charge on any atom is 0.284 e. The van der Waals surface area contributed by atoms with Gasteiger partial charge in [0.25, 0.3) is 12.3 Å². The van der Waals surface area contributed by atoms with Crippen LogP contribution in [0.25, 0.3) is 0 Å². The Morgan fingerprint density at radius 2 is 2.07 bits per heavy atom. The SMILES string of the molecule is Cn1cc(NC(=O)C2=C3N=C(N4CCCCC4)C=CN3NC2)c(C(F)F)n1.